The molecule has 0 heterocycles. The van der Waals surface area contributed by atoms with Gasteiger partial charge in [-0.3, -0.25) is 0 Å². The summed E-state index contributed by atoms with van der Waals surface area (Å²) in [5.74, 6) is 7.99. The van der Waals surface area contributed by atoms with Crippen LogP contribution in [0.5, 0.6) is 11.5 Å². The Balaban J connectivity index is 1.58. The van der Waals surface area contributed by atoms with Crippen molar-refractivity contribution >= 4 is 163 Å². The van der Waals surface area contributed by atoms with E-state index in [4.69, 9.17) is 9.47 Å². The summed E-state index contributed by atoms with van der Waals surface area (Å²) in [4.78, 5) is 0. The van der Waals surface area contributed by atoms with Crippen LogP contribution >= 0.6 is 90.4 Å². The molecule has 7 rings (SSSR count). The van der Waals surface area contributed by atoms with E-state index < -0.39 is 0 Å². The predicted molar refractivity (Wildman–Crippen MR) is 663 cm³/mol. The van der Waals surface area contributed by atoms with Gasteiger partial charge in [0.15, 0.2) is 0 Å². The molecule has 2 nitrogen and oxygen atoms in total. The van der Waals surface area contributed by atoms with Crippen molar-refractivity contribution < 1.29 is 9.47 Å². The average Bonchev–Trinajstić information content (AvgIpc) is 0.819. The van der Waals surface area contributed by atoms with Gasteiger partial charge < -0.3 is 9.47 Å². The number of benzene rings is 7. The Kier molecular flexibility index (Phi) is 62.3. The lowest BCUT2D eigenvalue weighted by atomic mass is 9.86. The number of hydrogen-bond acceptors (Lipinski definition) is 2. The zero-order chi connectivity index (χ0) is 101. The monoisotopic (exact) mass is 2350 g/mol. The normalized spacial score (nSPS) is 14.4. The molecule has 0 fully saturated rings. The topological polar surface area (TPSA) is 18.5 Å². The number of hydrogen-bond donors (Lipinski definition) is 0. The van der Waals surface area contributed by atoms with Crippen molar-refractivity contribution in [2.24, 2.45) is 59.2 Å². The molecule has 0 bridgehead atoms. The standard InChI is InChI=1S/C134H198I4O2/c1-21-41-51-99(31-11)77-121-91-129(135)125(81-103(35-15)55-45-25-5)87-115(121)67-63-109-61-65-111(69-71-117-89-127(83-105(37-17)57-47-27-7)131(137)93-123(117)79-101(33-13)53-43-23-3)113(85-109)73-75-119-95-134(140-98-108(40-20)60-50-30-10)120(96-133(119)139-97-107(39-19)59-49-29-9)76-74-114-86-110(64-68-116-88-126(82-104(36-16)56-46-26-6)130(136)92-122(116)78-100(32-12)52-42-22-2)62-66-112(114)70-72-118-90-128(84-106(38-18)58-48-28-8)132(138)94-124(118)80-102(34-14)54-44-24-4/h61-76,85-96,99-108H,21-60,77-84,97-98H2,1-20H3/b67-63+,68-64+,71-69-,72-70+,75-73+,76-74-. The molecule has 0 aliphatic heterocycles. The lowest BCUT2D eigenvalue weighted by molar-refractivity contribution is 0.227. The van der Waals surface area contributed by atoms with E-state index in [1.54, 1.807) is 0 Å². The van der Waals surface area contributed by atoms with Crippen LogP contribution in [0.25, 0.3) is 72.9 Å². The van der Waals surface area contributed by atoms with Gasteiger partial charge in [-0.15, -0.1) is 0 Å². The highest BCUT2D eigenvalue weighted by Gasteiger charge is 2.24. The van der Waals surface area contributed by atoms with E-state index in [2.05, 4.69) is 399 Å². The molecular formula is C134H198I4O2. The first kappa shape index (κ1) is 122. The smallest absolute Gasteiger partial charge is 0.127 e. The molecule has 0 aromatic heterocycles. The maximum Gasteiger partial charge on any atom is 0.127 e. The molecule has 10 unspecified atom stereocenters. The minimum atomic E-state index is 0.424. The van der Waals surface area contributed by atoms with Crippen molar-refractivity contribution in [3.63, 3.8) is 0 Å². The molecule has 0 amide bonds. The van der Waals surface area contributed by atoms with E-state index in [0.29, 0.717) is 72.4 Å². The summed E-state index contributed by atoms with van der Waals surface area (Å²) in [6.07, 6.45) is 87.7. The molecule has 6 heteroatoms. The van der Waals surface area contributed by atoms with Gasteiger partial charge in [-0.25, -0.2) is 0 Å². The molecule has 0 radical (unpaired) electrons. The third kappa shape index (κ3) is 43.0. The van der Waals surface area contributed by atoms with E-state index in [1.165, 1.54) is 346 Å². The van der Waals surface area contributed by atoms with E-state index in [1.807, 2.05) is 0 Å². The molecular weight excluding hydrogens is 2150 g/mol. The lowest BCUT2D eigenvalue weighted by Crippen LogP contribution is -2.13. The Morgan fingerprint density at radius 1 is 0.186 bits per heavy atom. The van der Waals surface area contributed by atoms with Gasteiger partial charge in [0.1, 0.15) is 11.5 Å². The fourth-order valence-electron chi connectivity index (χ4n) is 21.1. The number of unbranched alkanes of at least 4 members (excludes halogenated alkanes) is 10. The van der Waals surface area contributed by atoms with E-state index >= 15 is 0 Å². The van der Waals surface area contributed by atoms with Gasteiger partial charge in [-0.1, -0.05) is 504 Å². The molecule has 10 atom stereocenters. The van der Waals surface area contributed by atoms with Crippen LogP contribution in [0.15, 0.2) is 97.1 Å². The fraction of sp³-hybridized carbons (Fsp3) is 0.597. The second-order valence-corrected chi connectivity index (χ2v) is 47.3. The molecule has 7 aromatic rings. The largest absolute Gasteiger partial charge is 0.493 e. The fourth-order valence-corrected chi connectivity index (χ4v) is 24.1. The Bertz CT molecular complexity index is 4530. The summed E-state index contributed by atoms with van der Waals surface area (Å²) in [5, 5.41) is 0. The molecule has 774 valence electrons. The van der Waals surface area contributed by atoms with Crippen LogP contribution in [0.2, 0.25) is 0 Å². The Hall–Kier alpha value is -4.50. The molecule has 0 aliphatic carbocycles. The van der Waals surface area contributed by atoms with E-state index in [-0.39, 0.29) is 0 Å². The summed E-state index contributed by atoms with van der Waals surface area (Å²) < 4.78 is 20.8. The Labute approximate surface area is 916 Å². The van der Waals surface area contributed by atoms with Crippen molar-refractivity contribution in [2.75, 3.05) is 13.2 Å². The van der Waals surface area contributed by atoms with Crippen LogP contribution in [0.3, 0.4) is 0 Å². The predicted octanol–water partition coefficient (Wildman–Crippen LogP) is 44.4. The minimum Gasteiger partial charge on any atom is -0.493 e. The van der Waals surface area contributed by atoms with Crippen LogP contribution in [0.1, 0.15) is 507 Å². The molecule has 0 spiro atoms. The third-order valence-electron chi connectivity index (χ3n) is 31.7. The average molecular weight is 2350 g/mol. The second kappa shape index (κ2) is 71.2. The van der Waals surface area contributed by atoms with Gasteiger partial charge in [-0.05, 0) is 362 Å². The first-order chi connectivity index (χ1) is 68.1. The van der Waals surface area contributed by atoms with Crippen molar-refractivity contribution in [1.29, 1.82) is 0 Å². The highest BCUT2D eigenvalue weighted by atomic mass is 127. The maximum absolute atomic E-state index is 7.54. The van der Waals surface area contributed by atoms with E-state index in [0.717, 1.165) is 99.7 Å². The Morgan fingerprint density at radius 2 is 0.371 bits per heavy atom. The zero-order valence-electron chi connectivity index (χ0n) is 92.6. The number of ether oxygens (including phenoxy) is 2. The zero-order valence-corrected chi connectivity index (χ0v) is 101. The summed E-state index contributed by atoms with van der Waals surface area (Å²) in [5.41, 5.74) is 26.8. The van der Waals surface area contributed by atoms with Crippen molar-refractivity contribution in [3.8, 4) is 11.5 Å². The van der Waals surface area contributed by atoms with Gasteiger partial charge in [0.2, 0.25) is 0 Å². The van der Waals surface area contributed by atoms with Gasteiger partial charge in [-0.2, -0.15) is 0 Å². The molecule has 0 saturated heterocycles. The second-order valence-electron chi connectivity index (χ2n) is 42.7. The first-order valence-corrected chi connectivity index (χ1v) is 62.5. The molecule has 7 aromatic carbocycles. The molecule has 140 heavy (non-hydrogen) atoms. The van der Waals surface area contributed by atoms with Crippen LogP contribution in [0.4, 0.5) is 0 Å². The minimum absolute atomic E-state index is 0.424. The summed E-state index contributed by atoms with van der Waals surface area (Å²) >= 11 is 10.8. The highest BCUT2D eigenvalue weighted by Crippen LogP contribution is 2.40. The van der Waals surface area contributed by atoms with Crippen molar-refractivity contribution in [3.05, 3.63) is 223 Å². The van der Waals surface area contributed by atoms with Crippen LogP contribution in [-0.2, 0) is 51.4 Å². The third-order valence-corrected chi connectivity index (χ3v) is 35.7. The van der Waals surface area contributed by atoms with Crippen LogP contribution < -0.4 is 9.47 Å². The number of rotatable bonds is 74. The summed E-state index contributed by atoms with van der Waals surface area (Å²) in [7, 11) is 0. The molecule has 0 aliphatic rings. The summed E-state index contributed by atoms with van der Waals surface area (Å²) in [6.45, 7) is 48.9. The van der Waals surface area contributed by atoms with Crippen LogP contribution in [-0.4, -0.2) is 13.2 Å². The highest BCUT2D eigenvalue weighted by molar-refractivity contribution is 14.1. The van der Waals surface area contributed by atoms with E-state index in [9.17, 15) is 0 Å². The summed E-state index contributed by atoms with van der Waals surface area (Å²) in [6, 6.07) is 40.2. The maximum atomic E-state index is 7.54. The number of halogens is 4. The first-order valence-electron chi connectivity index (χ1n) is 58.2. The van der Waals surface area contributed by atoms with Gasteiger partial charge in [0, 0.05) is 25.4 Å². The van der Waals surface area contributed by atoms with Crippen molar-refractivity contribution in [1.82, 2.24) is 0 Å². The Morgan fingerprint density at radius 3 is 0.586 bits per heavy atom. The van der Waals surface area contributed by atoms with Gasteiger partial charge in [0.25, 0.3) is 0 Å². The lowest BCUT2D eigenvalue weighted by Gasteiger charge is -2.21. The van der Waals surface area contributed by atoms with Crippen LogP contribution in [0, 0.1) is 73.5 Å². The van der Waals surface area contributed by atoms with Gasteiger partial charge >= 0.3 is 0 Å². The molecule has 0 N–H and O–H groups in total. The van der Waals surface area contributed by atoms with Crippen molar-refractivity contribution in [2.45, 2.75) is 447 Å². The molecule has 0 saturated carbocycles. The SMILES string of the molecule is CCCCC(CC)COc1cc(/C=C/c2cc(/C=C/c3cc(CC(CC)CCCC)c(I)cc3CC(CC)CCCC)ccc2/C=C\c2cc(CC(CC)CCCC)c(I)cc2CC(CC)CCCC)c(OCC(CC)CCCC)cc1/C=C\c1cc(/C=C/c2cc(CC(CC)CCCC)c(I)cc2CC(CC)CCCC)ccc1/C=C/c1cc(CC(CC)CCCC)c(I)cc1CC(CC)CCCC. The van der Waals surface area contributed by atoms with Gasteiger partial charge in [0.05, 0.1) is 13.2 Å². The quantitative estimate of drug-likeness (QED) is 0.0279.